The number of methoxy groups -OCH3 is 1. The van der Waals surface area contributed by atoms with Gasteiger partial charge in [0.2, 0.25) is 0 Å². The molecule has 0 N–H and O–H groups in total. The van der Waals surface area contributed by atoms with Crippen LogP contribution in [0.3, 0.4) is 0 Å². The molecule has 1 aromatic heterocycles. The van der Waals surface area contributed by atoms with Gasteiger partial charge in [0.1, 0.15) is 22.2 Å². The van der Waals surface area contributed by atoms with Crippen molar-refractivity contribution in [3.05, 3.63) is 60.7 Å². The van der Waals surface area contributed by atoms with Crippen LogP contribution in [0.5, 0.6) is 5.75 Å². The van der Waals surface area contributed by atoms with Crippen LogP contribution in [0, 0.1) is 0 Å². The number of benzene rings is 2. The van der Waals surface area contributed by atoms with Crippen LogP contribution in [0.4, 0.5) is 0 Å². The van der Waals surface area contributed by atoms with Gasteiger partial charge < -0.3 is 4.74 Å². The van der Waals surface area contributed by atoms with E-state index in [1.54, 1.807) is 18.6 Å². The summed E-state index contributed by atoms with van der Waals surface area (Å²) >= 11 is 3.61. The smallest absolute Gasteiger partial charge is 0.259 e. The second kappa shape index (κ2) is 6.99. The van der Waals surface area contributed by atoms with Crippen LogP contribution < -0.4 is 8.69 Å². The summed E-state index contributed by atoms with van der Waals surface area (Å²) in [6, 6.07) is 21.0. The molecule has 2 aromatic carbocycles. The number of rotatable bonds is 5. The van der Waals surface area contributed by atoms with Crippen molar-refractivity contribution in [2.45, 2.75) is 23.4 Å². The van der Waals surface area contributed by atoms with Gasteiger partial charge in [-0.2, -0.15) is 0 Å². The predicted octanol–water partition coefficient (Wildman–Crippen LogP) is 4.88. The Bertz CT molecular complexity index is 736. The third kappa shape index (κ3) is 3.34. The van der Waals surface area contributed by atoms with Gasteiger partial charge in [0.25, 0.3) is 5.03 Å². The fourth-order valence-corrected chi connectivity index (χ4v) is 4.33. The third-order valence-electron chi connectivity index (χ3n) is 3.34. The van der Waals surface area contributed by atoms with E-state index in [1.807, 2.05) is 30.0 Å². The first-order valence-corrected chi connectivity index (χ1v) is 8.80. The molecule has 4 heteroatoms. The lowest BCUT2D eigenvalue weighted by atomic mass is 10.2. The van der Waals surface area contributed by atoms with Crippen molar-refractivity contribution < 1.29 is 8.69 Å². The van der Waals surface area contributed by atoms with Crippen molar-refractivity contribution in [3.8, 4) is 16.2 Å². The van der Waals surface area contributed by atoms with E-state index in [0.29, 0.717) is 0 Å². The highest BCUT2D eigenvalue weighted by atomic mass is 32.2. The Morgan fingerprint density at radius 1 is 1.05 bits per heavy atom. The molecule has 0 atom stereocenters. The van der Waals surface area contributed by atoms with E-state index in [1.165, 1.54) is 20.4 Å². The summed E-state index contributed by atoms with van der Waals surface area (Å²) in [5.74, 6) is 0.891. The molecule has 112 valence electrons. The third-order valence-corrected chi connectivity index (χ3v) is 5.73. The molecular weight excluding hydrogens is 310 g/mol. The average molecular weight is 328 g/mol. The van der Waals surface area contributed by atoms with E-state index in [9.17, 15) is 0 Å². The van der Waals surface area contributed by atoms with Crippen LogP contribution in [0.1, 0.15) is 6.92 Å². The minimum atomic E-state index is 0.891. The fourth-order valence-electron chi connectivity index (χ4n) is 2.18. The maximum Gasteiger partial charge on any atom is 0.259 e. The zero-order valence-electron chi connectivity index (χ0n) is 12.7. The molecule has 0 aliphatic heterocycles. The Balaban J connectivity index is 1.90. The number of nitrogens with zero attached hydrogens (tertiary/aromatic N) is 1. The molecule has 0 saturated heterocycles. The average Bonchev–Trinajstić information content (AvgIpc) is 2.99. The minimum Gasteiger partial charge on any atom is -0.497 e. The fraction of sp³-hybridized carbons (Fsp3) is 0.167. The van der Waals surface area contributed by atoms with Crippen molar-refractivity contribution in [2.75, 3.05) is 7.11 Å². The summed E-state index contributed by atoms with van der Waals surface area (Å²) in [5.41, 5.74) is 1.23. The van der Waals surface area contributed by atoms with Gasteiger partial charge in [-0.15, -0.1) is 3.96 Å². The summed E-state index contributed by atoms with van der Waals surface area (Å²) < 4.78 is 7.56. The highest BCUT2D eigenvalue weighted by Crippen LogP contribution is 2.32. The Kier molecular flexibility index (Phi) is 4.80. The number of aromatic nitrogens is 1. The number of hydrogen-bond acceptors (Lipinski definition) is 3. The van der Waals surface area contributed by atoms with Crippen molar-refractivity contribution in [1.82, 2.24) is 0 Å². The Morgan fingerprint density at radius 2 is 1.77 bits per heavy atom. The van der Waals surface area contributed by atoms with Crippen LogP contribution in [0.2, 0.25) is 0 Å². The summed E-state index contributed by atoms with van der Waals surface area (Å²) in [7, 11) is 1.69. The Hall–Kier alpha value is -1.78. The maximum absolute atomic E-state index is 5.23. The van der Waals surface area contributed by atoms with Crippen molar-refractivity contribution in [3.63, 3.8) is 0 Å². The lowest BCUT2D eigenvalue weighted by molar-refractivity contribution is -0.662. The van der Waals surface area contributed by atoms with Gasteiger partial charge >= 0.3 is 0 Å². The van der Waals surface area contributed by atoms with Gasteiger partial charge in [0.15, 0.2) is 6.54 Å². The lowest BCUT2D eigenvalue weighted by Crippen LogP contribution is -2.28. The van der Waals surface area contributed by atoms with Crippen LogP contribution in [0.25, 0.3) is 10.4 Å². The van der Waals surface area contributed by atoms with Crippen LogP contribution >= 0.6 is 23.3 Å². The Labute approximate surface area is 139 Å². The first kappa shape index (κ1) is 15.1. The zero-order chi connectivity index (χ0) is 15.4. The highest BCUT2D eigenvalue weighted by molar-refractivity contribution is 7.99. The van der Waals surface area contributed by atoms with Crippen molar-refractivity contribution in [1.29, 1.82) is 0 Å². The maximum atomic E-state index is 5.23. The Morgan fingerprint density at radius 3 is 2.41 bits per heavy atom. The molecule has 0 amide bonds. The number of aryl methyl sites for hydroxylation is 1. The van der Waals surface area contributed by atoms with Gasteiger partial charge in [-0.3, -0.25) is 0 Å². The minimum absolute atomic E-state index is 0.891. The molecule has 0 aliphatic rings. The number of ether oxygens (including phenoxy) is 1. The van der Waals surface area contributed by atoms with Gasteiger partial charge in [-0.25, -0.2) is 0 Å². The summed E-state index contributed by atoms with van der Waals surface area (Å²) in [4.78, 5) is 2.55. The van der Waals surface area contributed by atoms with Crippen LogP contribution in [-0.4, -0.2) is 7.11 Å². The van der Waals surface area contributed by atoms with E-state index >= 15 is 0 Å². The van der Waals surface area contributed by atoms with E-state index in [-0.39, 0.29) is 0 Å². The van der Waals surface area contributed by atoms with Crippen LogP contribution in [0.15, 0.2) is 70.6 Å². The molecule has 1 heterocycles. The SMILES string of the molecule is CC[n+]1sc(-c2ccc(OC)cc2)cc1Sc1ccccc1. The molecule has 3 aromatic rings. The highest BCUT2D eigenvalue weighted by Gasteiger charge is 2.18. The standard InChI is InChI=1S/C18H18NOS2/c1-3-19-18(21-16-7-5-4-6-8-16)13-17(22-19)14-9-11-15(20-2)12-10-14/h4-13H,3H2,1-2H3/q+1. The summed E-state index contributed by atoms with van der Waals surface area (Å²) in [5, 5.41) is 1.28. The molecule has 3 rings (SSSR count). The molecule has 0 unspecified atom stereocenters. The van der Waals surface area contributed by atoms with E-state index in [2.05, 4.69) is 53.3 Å². The topological polar surface area (TPSA) is 13.1 Å². The zero-order valence-corrected chi connectivity index (χ0v) is 14.3. The molecule has 0 aliphatic carbocycles. The normalized spacial score (nSPS) is 10.6. The molecule has 0 fully saturated rings. The molecule has 0 spiro atoms. The van der Waals surface area contributed by atoms with Gasteiger partial charge in [-0.1, -0.05) is 18.2 Å². The second-order valence-electron chi connectivity index (χ2n) is 4.78. The van der Waals surface area contributed by atoms with Crippen LogP contribution in [-0.2, 0) is 6.54 Å². The lowest BCUT2D eigenvalue weighted by Gasteiger charge is -1.99. The van der Waals surface area contributed by atoms with Crippen molar-refractivity contribution in [2.24, 2.45) is 0 Å². The summed E-state index contributed by atoms with van der Waals surface area (Å²) in [6.45, 7) is 3.17. The first-order chi connectivity index (χ1) is 10.8. The predicted molar refractivity (Wildman–Crippen MR) is 92.7 cm³/mol. The van der Waals surface area contributed by atoms with Gasteiger partial charge in [0.05, 0.1) is 7.11 Å². The molecule has 0 saturated carbocycles. The largest absolute Gasteiger partial charge is 0.497 e. The molecule has 0 radical (unpaired) electrons. The van der Waals surface area contributed by atoms with Gasteiger partial charge in [0, 0.05) is 11.0 Å². The molecule has 0 bridgehead atoms. The van der Waals surface area contributed by atoms with E-state index in [4.69, 9.17) is 4.74 Å². The molecule has 2 nitrogen and oxygen atoms in total. The van der Waals surface area contributed by atoms with E-state index in [0.717, 1.165) is 12.3 Å². The molecular formula is C18H18NOS2+. The van der Waals surface area contributed by atoms with Crippen molar-refractivity contribution >= 4 is 23.3 Å². The second-order valence-corrected chi connectivity index (χ2v) is 6.93. The summed E-state index contributed by atoms with van der Waals surface area (Å²) in [6.07, 6.45) is 0. The molecule has 22 heavy (non-hydrogen) atoms. The first-order valence-electron chi connectivity index (χ1n) is 7.21. The van der Waals surface area contributed by atoms with E-state index < -0.39 is 0 Å². The quantitative estimate of drug-likeness (QED) is 0.619. The van der Waals surface area contributed by atoms with Gasteiger partial charge in [-0.05, 0) is 60.6 Å². The number of hydrogen-bond donors (Lipinski definition) is 0. The monoisotopic (exact) mass is 328 g/mol.